The maximum Gasteiger partial charge on any atom is 0.297 e. The second kappa shape index (κ2) is 13.7. The molecule has 5 heteroatoms. The summed E-state index contributed by atoms with van der Waals surface area (Å²) in [6, 6.07) is 15.7. The van der Waals surface area contributed by atoms with Gasteiger partial charge in [-0.2, -0.15) is 0 Å². The quantitative estimate of drug-likeness (QED) is 0.226. The van der Waals surface area contributed by atoms with Gasteiger partial charge >= 0.3 is 0 Å². The van der Waals surface area contributed by atoms with Gasteiger partial charge in [-0.05, 0) is 30.5 Å². The Balaban J connectivity index is 1.87. The number of fused-ring (bicyclic) bond motifs is 1. The van der Waals surface area contributed by atoms with Crippen LogP contribution in [0.15, 0.2) is 53.3 Å². The predicted octanol–water partition coefficient (Wildman–Crippen LogP) is 7.04. The maximum atomic E-state index is 13.3. The van der Waals surface area contributed by atoms with Gasteiger partial charge in [0.1, 0.15) is 12.4 Å². The number of hydrogen-bond donors (Lipinski definition) is 0. The minimum Gasteiger partial charge on any atom is -0.494 e. The van der Waals surface area contributed by atoms with Gasteiger partial charge < -0.3 is 18.8 Å². The second-order valence-electron chi connectivity index (χ2n) is 8.79. The lowest BCUT2D eigenvalue weighted by atomic mass is 10.1. The van der Waals surface area contributed by atoms with Gasteiger partial charge in [0.2, 0.25) is 5.75 Å². The van der Waals surface area contributed by atoms with Gasteiger partial charge in [0.15, 0.2) is 5.75 Å². The molecule has 0 radical (unpaired) electrons. The molecule has 2 aromatic carbocycles. The van der Waals surface area contributed by atoms with E-state index in [2.05, 4.69) is 13.8 Å². The van der Waals surface area contributed by atoms with Gasteiger partial charge in [0, 0.05) is 18.5 Å². The number of benzene rings is 2. The standard InChI is InChI=1S/C29H39NO4/c1-4-6-8-13-19-32-24-17-18-25-26(21-24)30(3)29(31)28(27(25)33-20-14-9-7-5-2)34-22-23-15-11-10-12-16-23/h10-12,15-18,21H,4-9,13-14,19-20,22H2,1-3H3. The summed E-state index contributed by atoms with van der Waals surface area (Å²) >= 11 is 0. The van der Waals surface area contributed by atoms with Crippen LogP contribution >= 0.6 is 0 Å². The Kier molecular flexibility index (Phi) is 10.3. The molecule has 1 heterocycles. The number of aromatic nitrogens is 1. The Morgan fingerprint density at radius 3 is 2.09 bits per heavy atom. The zero-order chi connectivity index (χ0) is 24.2. The third-order valence-corrected chi connectivity index (χ3v) is 6.02. The van der Waals surface area contributed by atoms with E-state index in [-0.39, 0.29) is 11.3 Å². The van der Waals surface area contributed by atoms with Crippen LogP contribution in [0.1, 0.15) is 70.8 Å². The molecule has 0 spiro atoms. The first-order valence-corrected chi connectivity index (χ1v) is 12.7. The maximum absolute atomic E-state index is 13.3. The van der Waals surface area contributed by atoms with Crippen molar-refractivity contribution in [1.29, 1.82) is 0 Å². The molecule has 0 aliphatic heterocycles. The number of nitrogens with zero attached hydrogens (tertiary/aromatic N) is 1. The van der Waals surface area contributed by atoms with Gasteiger partial charge in [-0.15, -0.1) is 0 Å². The van der Waals surface area contributed by atoms with Crippen molar-refractivity contribution in [3.63, 3.8) is 0 Å². The molecule has 3 aromatic rings. The zero-order valence-electron chi connectivity index (χ0n) is 21.0. The van der Waals surface area contributed by atoms with Gasteiger partial charge in [-0.1, -0.05) is 82.7 Å². The van der Waals surface area contributed by atoms with E-state index in [0.717, 1.165) is 41.5 Å². The SMILES string of the molecule is CCCCCCOc1ccc2c(OCCCCCC)c(OCc3ccccc3)c(=O)n(C)c2c1. The minimum atomic E-state index is -0.202. The van der Waals surface area contributed by atoms with Crippen LogP contribution in [-0.4, -0.2) is 17.8 Å². The summed E-state index contributed by atoms with van der Waals surface area (Å²) in [6.07, 6.45) is 9.02. The first-order chi connectivity index (χ1) is 16.7. The highest BCUT2D eigenvalue weighted by atomic mass is 16.5. The van der Waals surface area contributed by atoms with E-state index in [9.17, 15) is 4.79 Å². The van der Waals surface area contributed by atoms with Crippen molar-refractivity contribution >= 4 is 10.9 Å². The number of ether oxygens (including phenoxy) is 3. The molecule has 0 atom stereocenters. The molecule has 0 aliphatic rings. The summed E-state index contributed by atoms with van der Waals surface area (Å²) in [7, 11) is 1.77. The van der Waals surface area contributed by atoms with Crippen LogP contribution < -0.4 is 19.8 Å². The van der Waals surface area contributed by atoms with E-state index >= 15 is 0 Å². The molecule has 3 rings (SSSR count). The average molecular weight is 466 g/mol. The Bertz CT molecular complexity index is 1070. The van der Waals surface area contributed by atoms with E-state index in [1.54, 1.807) is 11.6 Å². The number of aryl methyl sites for hydroxylation is 1. The zero-order valence-corrected chi connectivity index (χ0v) is 21.0. The molecule has 184 valence electrons. The largest absolute Gasteiger partial charge is 0.494 e. The molecule has 0 bridgehead atoms. The third kappa shape index (κ3) is 7.02. The summed E-state index contributed by atoms with van der Waals surface area (Å²) in [5.41, 5.74) is 1.59. The van der Waals surface area contributed by atoms with Gasteiger partial charge in [0.05, 0.1) is 18.7 Å². The lowest BCUT2D eigenvalue weighted by molar-refractivity contribution is 0.255. The van der Waals surface area contributed by atoms with Crippen LogP contribution in [-0.2, 0) is 13.7 Å². The topological polar surface area (TPSA) is 49.7 Å². The van der Waals surface area contributed by atoms with Crippen molar-refractivity contribution in [2.45, 2.75) is 71.8 Å². The van der Waals surface area contributed by atoms with Crippen molar-refractivity contribution in [2.75, 3.05) is 13.2 Å². The molecule has 0 amide bonds. The lowest BCUT2D eigenvalue weighted by Gasteiger charge is -2.18. The number of unbranched alkanes of at least 4 members (excludes halogenated alkanes) is 6. The fourth-order valence-electron chi connectivity index (χ4n) is 3.97. The first-order valence-electron chi connectivity index (χ1n) is 12.7. The molecule has 5 nitrogen and oxygen atoms in total. The van der Waals surface area contributed by atoms with Crippen LogP contribution in [0, 0.1) is 0 Å². The van der Waals surface area contributed by atoms with E-state index in [0.29, 0.717) is 25.6 Å². The van der Waals surface area contributed by atoms with Crippen molar-refractivity contribution in [2.24, 2.45) is 7.05 Å². The highest BCUT2D eigenvalue weighted by molar-refractivity contribution is 5.89. The van der Waals surface area contributed by atoms with Gasteiger partial charge in [-0.25, -0.2) is 0 Å². The minimum absolute atomic E-state index is 0.202. The van der Waals surface area contributed by atoms with E-state index < -0.39 is 0 Å². The Morgan fingerprint density at radius 2 is 1.41 bits per heavy atom. The number of hydrogen-bond acceptors (Lipinski definition) is 4. The molecule has 0 fully saturated rings. The van der Waals surface area contributed by atoms with Crippen LogP contribution in [0.3, 0.4) is 0 Å². The monoisotopic (exact) mass is 465 g/mol. The Labute approximate surface area is 203 Å². The molecular weight excluding hydrogens is 426 g/mol. The summed E-state index contributed by atoms with van der Waals surface area (Å²) < 4.78 is 19.9. The summed E-state index contributed by atoms with van der Waals surface area (Å²) in [6.45, 7) is 5.94. The number of rotatable bonds is 15. The predicted molar refractivity (Wildman–Crippen MR) is 139 cm³/mol. The summed E-state index contributed by atoms with van der Waals surface area (Å²) in [4.78, 5) is 13.3. The van der Waals surface area contributed by atoms with Crippen LogP contribution in [0.4, 0.5) is 0 Å². The highest BCUT2D eigenvalue weighted by Crippen LogP contribution is 2.35. The van der Waals surface area contributed by atoms with Crippen LogP contribution in [0.2, 0.25) is 0 Å². The van der Waals surface area contributed by atoms with Gasteiger partial charge in [-0.3, -0.25) is 4.79 Å². The molecule has 34 heavy (non-hydrogen) atoms. The smallest absolute Gasteiger partial charge is 0.297 e. The molecule has 1 aromatic heterocycles. The second-order valence-corrected chi connectivity index (χ2v) is 8.79. The molecule has 0 saturated carbocycles. The van der Waals surface area contributed by atoms with Crippen molar-refractivity contribution in [3.8, 4) is 17.2 Å². The molecule has 0 N–H and O–H groups in total. The summed E-state index contributed by atoms with van der Waals surface area (Å²) in [5, 5.41) is 0.860. The fraction of sp³-hybridized carbons (Fsp3) is 0.483. The number of pyridine rings is 1. The molecular formula is C29H39NO4. The van der Waals surface area contributed by atoms with Crippen LogP contribution in [0.25, 0.3) is 10.9 Å². The first kappa shape index (κ1) is 25.7. The molecule has 0 aliphatic carbocycles. The van der Waals surface area contributed by atoms with Crippen molar-refractivity contribution in [3.05, 3.63) is 64.4 Å². The highest BCUT2D eigenvalue weighted by Gasteiger charge is 2.19. The van der Waals surface area contributed by atoms with E-state index in [1.807, 2.05) is 48.5 Å². The lowest BCUT2D eigenvalue weighted by Crippen LogP contribution is -2.21. The fourth-order valence-corrected chi connectivity index (χ4v) is 3.97. The Hall–Kier alpha value is -2.95. The molecule has 0 saturated heterocycles. The Morgan fingerprint density at radius 1 is 0.735 bits per heavy atom. The molecule has 0 unspecified atom stereocenters. The van der Waals surface area contributed by atoms with E-state index in [1.165, 1.54) is 32.1 Å². The van der Waals surface area contributed by atoms with Crippen molar-refractivity contribution < 1.29 is 14.2 Å². The normalized spacial score (nSPS) is 11.0. The van der Waals surface area contributed by atoms with Crippen molar-refractivity contribution in [1.82, 2.24) is 4.57 Å². The average Bonchev–Trinajstić information content (AvgIpc) is 2.86. The van der Waals surface area contributed by atoms with Crippen LogP contribution in [0.5, 0.6) is 17.2 Å². The summed E-state index contributed by atoms with van der Waals surface area (Å²) in [5.74, 6) is 1.56. The third-order valence-electron chi connectivity index (χ3n) is 6.02. The van der Waals surface area contributed by atoms with Gasteiger partial charge in [0.25, 0.3) is 5.56 Å². The van der Waals surface area contributed by atoms with E-state index in [4.69, 9.17) is 14.2 Å².